The van der Waals surface area contributed by atoms with Crippen LogP contribution in [0, 0.1) is 11.3 Å². The predicted molar refractivity (Wildman–Crippen MR) is 72.8 cm³/mol. The number of nitrogens with zero attached hydrogens (tertiary/aromatic N) is 1. The van der Waals surface area contributed by atoms with Crippen molar-refractivity contribution in [2.45, 2.75) is 58.5 Å². The van der Waals surface area contributed by atoms with Crippen molar-refractivity contribution in [1.82, 2.24) is 0 Å². The summed E-state index contributed by atoms with van der Waals surface area (Å²) in [5.74, 6) is -0.403. The molecule has 3 heteroatoms. The average Bonchev–Trinajstić information content (AvgIpc) is 2.34. The summed E-state index contributed by atoms with van der Waals surface area (Å²) in [7, 11) is 0. The molecule has 0 spiro atoms. The highest BCUT2D eigenvalue weighted by Crippen LogP contribution is 2.11. The van der Waals surface area contributed by atoms with Crippen LogP contribution in [0.1, 0.15) is 52.4 Å². The molecule has 0 aromatic rings. The highest BCUT2D eigenvalue weighted by atomic mass is 16.5. The fourth-order valence-electron chi connectivity index (χ4n) is 1.61. The lowest BCUT2D eigenvalue weighted by atomic mass is 10.1. The monoisotopic (exact) mass is 249 g/mol. The van der Waals surface area contributed by atoms with Gasteiger partial charge in [0.2, 0.25) is 0 Å². The van der Waals surface area contributed by atoms with Crippen LogP contribution in [0.3, 0.4) is 0 Å². The second-order valence-electron chi connectivity index (χ2n) is 4.36. The van der Waals surface area contributed by atoms with E-state index in [0.29, 0.717) is 12.0 Å². The predicted octanol–water partition coefficient (Wildman–Crippen LogP) is 3.91. The van der Waals surface area contributed by atoms with Gasteiger partial charge < -0.3 is 4.74 Å². The van der Waals surface area contributed by atoms with Crippen molar-refractivity contribution in [2.24, 2.45) is 0 Å². The van der Waals surface area contributed by atoms with Crippen molar-refractivity contribution in [2.75, 3.05) is 0 Å². The number of ether oxygens (including phenoxy) is 1. The van der Waals surface area contributed by atoms with Crippen LogP contribution in [0.4, 0.5) is 0 Å². The van der Waals surface area contributed by atoms with E-state index in [2.05, 4.69) is 13.5 Å². The first-order valence-electron chi connectivity index (χ1n) is 6.56. The number of allylic oxidation sites excluding steroid dienone is 2. The Hall–Kier alpha value is -1.56. The summed E-state index contributed by atoms with van der Waals surface area (Å²) in [6, 6.07) is 1.86. The molecule has 0 aromatic heterocycles. The van der Waals surface area contributed by atoms with E-state index in [1.165, 1.54) is 25.3 Å². The van der Waals surface area contributed by atoms with Crippen LogP contribution in [-0.2, 0) is 9.53 Å². The molecule has 0 bridgehead atoms. The van der Waals surface area contributed by atoms with Gasteiger partial charge >= 0.3 is 5.97 Å². The molecule has 0 heterocycles. The van der Waals surface area contributed by atoms with E-state index < -0.39 is 5.97 Å². The van der Waals surface area contributed by atoms with Gasteiger partial charge in [-0.15, -0.1) is 6.58 Å². The Morgan fingerprint density at radius 1 is 1.44 bits per heavy atom. The molecule has 0 aromatic carbocycles. The summed E-state index contributed by atoms with van der Waals surface area (Å²) in [6.07, 6.45) is 8.63. The minimum absolute atomic E-state index is 0.0961. The van der Waals surface area contributed by atoms with E-state index in [0.717, 1.165) is 12.8 Å². The smallest absolute Gasteiger partial charge is 0.335 e. The number of unbranched alkanes of at least 4 members (excludes halogenated alkanes) is 3. The Balaban J connectivity index is 4.08. The fraction of sp³-hybridized carbons (Fsp3) is 0.600. The summed E-state index contributed by atoms with van der Waals surface area (Å²) in [6.45, 7) is 7.61. The maximum Gasteiger partial charge on any atom is 0.335 e. The van der Waals surface area contributed by atoms with Crippen molar-refractivity contribution in [3.8, 4) is 6.07 Å². The van der Waals surface area contributed by atoms with Crippen molar-refractivity contribution in [3.05, 3.63) is 24.3 Å². The number of carbonyl (C=O) groups excluding carboxylic acids is 1. The van der Waals surface area contributed by atoms with E-state index in [4.69, 9.17) is 10.00 Å². The highest BCUT2D eigenvalue weighted by Gasteiger charge is 2.13. The Morgan fingerprint density at radius 2 is 2.17 bits per heavy atom. The van der Waals surface area contributed by atoms with Crippen LogP contribution < -0.4 is 0 Å². The molecule has 0 N–H and O–H groups in total. The summed E-state index contributed by atoms with van der Waals surface area (Å²) in [5, 5.41) is 8.58. The third-order valence-corrected chi connectivity index (χ3v) is 2.64. The van der Waals surface area contributed by atoms with Gasteiger partial charge in [0.05, 0.1) is 17.7 Å². The third-order valence-electron chi connectivity index (χ3n) is 2.64. The fourth-order valence-corrected chi connectivity index (χ4v) is 1.61. The third kappa shape index (κ3) is 7.67. The van der Waals surface area contributed by atoms with Crippen LogP contribution in [0.25, 0.3) is 0 Å². The molecule has 0 fully saturated rings. The number of hydrogen-bond acceptors (Lipinski definition) is 3. The normalized spacial score (nSPS) is 12.6. The van der Waals surface area contributed by atoms with E-state index in [1.54, 1.807) is 6.08 Å². The number of carbonyl (C=O) groups is 1. The van der Waals surface area contributed by atoms with Crippen molar-refractivity contribution >= 4 is 5.97 Å². The van der Waals surface area contributed by atoms with Crippen molar-refractivity contribution < 1.29 is 9.53 Å². The van der Waals surface area contributed by atoms with Gasteiger partial charge in [-0.05, 0) is 26.2 Å². The minimum Gasteiger partial charge on any atom is -0.459 e. The largest absolute Gasteiger partial charge is 0.459 e. The maximum atomic E-state index is 11.7. The van der Waals surface area contributed by atoms with Gasteiger partial charge in [0, 0.05) is 6.08 Å². The van der Waals surface area contributed by atoms with Crippen LogP contribution in [-0.4, -0.2) is 12.1 Å². The Labute approximate surface area is 110 Å². The lowest BCUT2D eigenvalue weighted by Gasteiger charge is -2.13. The molecule has 0 saturated heterocycles. The molecular weight excluding hydrogens is 226 g/mol. The molecule has 1 atom stereocenters. The molecule has 1 unspecified atom stereocenters. The molecule has 100 valence electrons. The zero-order valence-electron chi connectivity index (χ0n) is 11.4. The quantitative estimate of drug-likeness (QED) is 0.205. The topological polar surface area (TPSA) is 50.1 Å². The van der Waals surface area contributed by atoms with Crippen molar-refractivity contribution in [3.63, 3.8) is 0 Å². The molecule has 18 heavy (non-hydrogen) atoms. The zero-order chi connectivity index (χ0) is 13.8. The number of esters is 1. The first-order chi connectivity index (χ1) is 8.65. The average molecular weight is 249 g/mol. The summed E-state index contributed by atoms with van der Waals surface area (Å²) >= 11 is 0. The number of hydrogen-bond donors (Lipinski definition) is 0. The van der Waals surface area contributed by atoms with Gasteiger partial charge in [0.25, 0.3) is 0 Å². The SMILES string of the molecule is C=CCC(=CC#N)C(=O)OC(C)CCCCCC. The first-order valence-corrected chi connectivity index (χ1v) is 6.56. The van der Waals surface area contributed by atoms with Gasteiger partial charge in [-0.2, -0.15) is 5.26 Å². The molecule has 3 nitrogen and oxygen atoms in total. The Bertz CT molecular complexity index is 326. The molecular formula is C15H23NO2. The maximum absolute atomic E-state index is 11.7. The highest BCUT2D eigenvalue weighted by molar-refractivity contribution is 5.89. The van der Waals surface area contributed by atoms with E-state index in [9.17, 15) is 4.79 Å². The van der Waals surface area contributed by atoms with E-state index >= 15 is 0 Å². The van der Waals surface area contributed by atoms with E-state index in [-0.39, 0.29) is 6.10 Å². The summed E-state index contributed by atoms with van der Waals surface area (Å²) < 4.78 is 5.29. The molecule has 0 saturated carbocycles. The lowest BCUT2D eigenvalue weighted by Crippen LogP contribution is -2.16. The van der Waals surface area contributed by atoms with Crippen LogP contribution in [0.2, 0.25) is 0 Å². The molecule has 0 rings (SSSR count). The minimum atomic E-state index is -0.403. The lowest BCUT2D eigenvalue weighted by molar-refractivity contribution is -0.143. The van der Waals surface area contributed by atoms with Gasteiger partial charge in [-0.25, -0.2) is 4.79 Å². The first kappa shape index (κ1) is 16.4. The zero-order valence-corrected chi connectivity index (χ0v) is 11.4. The second-order valence-corrected chi connectivity index (χ2v) is 4.36. The van der Waals surface area contributed by atoms with Crippen LogP contribution in [0.5, 0.6) is 0 Å². The number of rotatable bonds is 9. The summed E-state index contributed by atoms with van der Waals surface area (Å²) in [5.41, 5.74) is 0.368. The number of nitriles is 1. The molecule has 0 radical (unpaired) electrons. The Kier molecular flexibility index (Phi) is 9.67. The Morgan fingerprint density at radius 3 is 2.72 bits per heavy atom. The van der Waals surface area contributed by atoms with Gasteiger partial charge in [-0.1, -0.05) is 32.3 Å². The van der Waals surface area contributed by atoms with Gasteiger partial charge in [0.1, 0.15) is 0 Å². The van der Waals surface area contributed by atoms with Gasteiger partial charge in [0.15, 0.2) is 0 Å². The second kappa shape index (κ2) is 10.6. The molecule has 0 aliphatic rings. The molecule has 0 amide bonds. The van der Waals surface area contributed by atoms with Crippen LogP contribution in [0.15, 0.2) is 24.3 Å². The van der Waals surface area contributed by atoms with Crippen molar-refractivity contribution in [1.29, 1.82) is 5.26 Å². The molecule has 0 aliphatic heterocycles. The van der Waals surface area contributed by atoms with Crippen LogP contribution >= 0.6 is 0 Å². The summed E-state index contributed by atoms with van der Waals surface area (Å²) in [4.78, 5) is 11.7. The molecule has 0 aliphatic carbocycles. The standard InChI is InChI=1S/C15H23NO2/c1-4-6-7-8-10-13(3)18-15(17)14(9-5-2)11-12-16/h5,11,13H,2,4,6-10H2,1,3H3. The van der Waals surface area contributed by atoms with E-state index in [1.807, 2.05) is 13.0 Å². The van der Waals surface area contributed by atoms with Gasteiger partial charge in [-0.3, -0.25) is 0 Å².